The van der Waals surface area contributed by atoms with Crippen LogP contribution in [-0.4, -0.2) is 19.9 Å². The molecule has 5 heteroatoms. The number of benzene rings is 2. The van der Waals surface area contributed by atoms with E-state index < -0.39 is 0 Å². The van der Waals surface area contributed by atoms with E-state index in [2.05, 4.69) is 56.3 Å². The quantitative estimate of drug-likeness (QED) is 0.237. The van der Waals surface area contributed by atoms with Crippen molar-refractivity contribution in [1.82, 2.24) is 19.9 Å². The fourth-order valence-electron chi connectivity index (χ4n) is 3.39. The van der Waals surface area contributed by atoms with Crippen molar-refractivity contribution in [1.29, 1.82) is 0 Å². The number of hydrogen-bond donors (Lipinski definition) is 0. The van der Waals surface area contributed by atoms with Gasteiger partial charge in [0.25, 0.3) is 0 Å². The molecule has 4 aromatic heterocycles. The van der Waals surface area contributed by atoms with Crippen molar-refractivity contribution in [2.75, 3.05) is 0 Å². The molecule has 0 saturated carbocycles. The Hall–Kier alpha value is -3.40. The van der Waals surface area contributed by atoms with Gasteiger partial charge in [0, 0.05) is 63.4 Å². The molecule has 0 fully saturated rings. The molecule has 29 heavy (non-hydrogen) atoms. The number of pyridine rings is 4. The van der Waals surface area contributed by atoms with Crippen molar-refractivity contribution < 1.29 is 17.1 Å². The van der Waals surface area contributed by atoms with Crippen molar-refractivity contribution in [3.63, 3.8) is 0 Å². The monoisotopic (exact) mass is 423 g/mol. The Morgan fingerprint density at radius 3 is 1.31 bits per heavy atom. The van der Waals surface area contributed by atoms with E-state index in [0.29, 0.717) is 0 Å². The van der Waals surface area contributed by atoms with Crippen LogP contribution in [0.25, 0.3) is 43.6 Å². The second-order valence-electron chi connectivity index (χ2n) is 6.42. The first-order chi connectivity index (χ1) is 13.9. The summed E-state index contributed by atoms with van der Waals surface area (Å²) in [5, 5.41) is 4.55. The Morgan fingerprint density at radius 2 is 0.828 bits per heavy atom. The summed E-state index contributed by atoms with van der Waals surface area (Å²) in [5.74, 6) is 0. The van der Waals surface area contributed by atoms with Gasteiger partial charge in [0.05, 0.1) is 22.1 Å². The van der Waals surface area contributed by atoms with Gasteiger partial charge < -0.3 is 0 Å². The molecule has 0 aliphatic carbocycles. The number of fused-ring (bicyclic) bond motifs is 6. The van der Waals surface area contributed by atoms with Gasteiger partial charge in [-0.15, -0.1) is 0 Å². The topological polar surface area (TPSA) is 51.6 Å². The third-order valence-electron chi connectivity index (χ3n) is 4.71. The van der Waals surface area contributed by atoms with Gasteiger partial charge >= 0.3 is 0 Å². The van der Waals surface area contributed by atoms with Crippen LogP contribution in [0.15, 0.2) is 97.6 Å². The summed E-state index contributed by atoms with van der Waals surface area (Å²) in [7, 11) is 0. The Balaban J connectivity index is 0.000000137. The van der Waals surface area contributed by atoms with Crippen LogP contribution in [0.3, 0.4) is 0 Å². The van der Waals surface area contributed by atoms with Crippen LogP contribution in [0.5, 0.6) is 0 Å². The van der Waals surface area contributed by atoms with Gasteiger partial charge in [-0.1, -0.05) is 24.3 Å². The average Bonchev–Trinajstić information content (AvgIpc) is 2.79. The minimum atomic E-state index is 0. The van der Waals surface area contributed by atoms with E-state index in [4.69, 9.17) is 0 Å². The fraction of sp³-hybridized carbons (Fsp3) is 0. The molecule has 0 bridgehead atoms. The first-order valence-corrected chi connectivity index (χ1v) is 9.07. The minimum Gasteiger partial charge on any atom is -0.256 e. The molecule has 4 heterocycles. The summed E-state index contributed by atoms with van der Waals surface area (Å²) in [6.45, 7) is 0. The Labute approximate surface area is 178 Å². The second-order valence-corrected chi connectivity index (χ2v) is 6.42. The van der Waals surface area contributed by atoms with E-state index in [1.54, 1.807) is 12.4 Å². The van der Waals surface area contributed by atoms with Crippen molar-refractivity contribution in [2.24, 2.45) is 0 Å². The van der Waals surface area contributed by atoms with E-state index in [-0.39, 0.29) is 17.1 Å². The van der Waals surface area contributed by atoms with Crippen LogP contribution >= 0.6 is 0 Å². The Morgan fingerprint density at radius 1 is 0.414 bits per heavy atom. The molecular weight excluding hydrogens is 408 g/mol. The van der Waals surface area contributed by atoms with Gasteiger partial charge in [-0.3, -0.25) is 19.9 Å². The van der Waals surface area contributed by atoms with E-state index in [1.807, 2.05) is 48.8 Å². The van der Waals surface area contributed by atoms with Gasteiger partial charge in [0.2, 0.25) is 0 Å². The molecule has 0 N–H and O–H groups in total. The molecule has 0 aliphatic rings. The second kappa shape index (κ2) is 8.31. The van der Waals surface area contributed by atoms with Gasteiger partial charge in [-0.2, -0.15) is 0 Å². The van der Waals surface area contributed by atoms with Crippen LogP contribution in [0, 0.1) is 0 Å². The molecular formula is C24H16CuN4. The molecule has 0 aliphatic heterocycles. The maximum absolute atomic E-state index is 4.37. The van der Waals surface area contributed by atoms with Crippen molar-refractivity contribution >= 4 is 43.6 Å². The zero-order valence-corrected chi connectivity index (χ0v) is 16.3. The number of nitrogens with zero attached hydrogens (tertiary/aromatic N) is 4. The SMILES string of the molecule is [Cu].c1cnc2c(c1)ccc1ncccc12.c1cnc2c(c1)ccc1ncccc12. The standard InChI is InChI=1S/2C12H8N2.Cu/c2*1-3-9-5-6-11-10(4-2-7-13-11)12(9)14-8-1;/h2*1-8H;. The van der Waals surface area contributed by atoms with Crippen LogP contribution in [0.1, 0.15) is 0 Å². The summed E-state index contributed by atoms with van der Waals surface area (Å²) < 4.78 is 0. The number of hydrogen-bond acceptors (Lipinski definition) is 4. The van der Waals surface area contributed by atoms with E-state index in [0.717, 1.165) is 43.6 Å². The van der Waals surface area contributed by atoms with E-state index in [9.17, 15) is 0 Å². The first-order valence-electron chi connectivity index (χ1n) is 9.07. The molecule has 6 aromatic rings. The van der Waals surface area contributed by atoms with Crippen LogP contribution in [-0.2, 0) is 17.1 Å². The van der Waals surface area contributed by atoms with E-state index in [1.165, 1.54) is 0 Å². The van der Waals surface area contributed by atoms with Crippen molar-refractivity contribution in [3.8, 4) is 0 Å². The summed E-state index contributed by atoms with van der Waals surface area (Å²) in [6.07, 6.45) is 7.23. The third kappa shape index (κ3) is 3.66. The number of rotatable bonds is 0. The summed E-state index contributed by atoms with van der Waals surface area (Å²) in [6, 6.07) is 24.2. The molecule has 143 valence electrons. The Bertz CT molecular complexity index is 1210. The predicted octanol–water partition coefficient (Wildman–Crippen LogP) is 5.56. The van der Waals surface area contributed by atoms with Crippen LogP contribution in [0.4, 0.5) is 0 Å². The third-order valence-corrected chi connectivity index (χ3v) is 4.71. The van der Waals surface area contributed by atoms with Crippen molar-refractivity contribution in [3.05, 3.63) is 97.6 Å². The Kier molecular flexibility index (Phi) is 5.43. The molecule has 0 amide bonds. The van der Waals surface area contributed by atoms with Crippen LogP contribution < -0.4 is 0 Å². The molecule has 0 unspecified atom stereocenters. The zero-order chi connectivity index (χ0) is 18.8. The maximum atomic E-state index is 4.37. The van der Waals surface area contributed by atoms with E-state index >= 15 is 0 Å². The molecule has 1 radical (unpaired) electrons. The minimum absolute atomic E-state index is 0. The maximum Gasteiger partial charge on any atom is 0.0795 e. The van der Waals surface area contributed by atoms with Gasteiger partial charge in [0.15, 0.2) is 0 Å². The van der Waals surface area contributed by atoms with Gasteiger partial charge in [0.1, 0.15) is 0 Å². The summed E-state index contributed by atoms with van der Waals surface area (Å²) >= 11 is 0. The van der Waals surface area contributed by atoms with Gasteiger partial charge in [-0.05, 0) is 48.5 Å². The fourth-order valence-corrected chi connectivity index (χ4v) is 3.39. The zero-order valence-electron chi connectivity index (χ0n) is 15.3. The molecule has 2 aromatic carbocycles. The molecule has 0 spiro atoms. The predicted molar refractivity (Wildman–Crippen MR) is 114 cm³/mol. The normalized spacial score (nSPS) is 10.5. The molecule has 0 saturated heterocycles. The number of aromatic nitrogens is 4. The smallest absolute Gasteiger partial charge is 0.0795 e. The largest absolute Gasteiger partial charge is 0.256 e. The van der Waals surface area contributed by atoms with Crippen LogP contribution in [0.2, 0.25) is 0 Å². The summed E-state index contributed by atoms with van der Waals surface area (Å²) in [5.41, 5.74) is 4.05. The van der Waals surface area contributed by atoms with Gasteiger partial charge in [-0.25, -0.2) is 0 Å². The average molecular weight is 424 g/mol. The summed E-state index contributed by atoms with van der Waals surface area (Å²) in [4.78, 5) is 17.3. The van der Waals surface area contributed by atoms with Crippen molar-refractivity contribution in [2.45, 2.75) is 0 Å². The molecule has 4 nitrogen and oxygen atoms in total. The molecule has 0 atom stereocenters. The first kappa shape index (κ1) is 18.9. The molecule has 6 rings (SSSR count).